The second-order valence-electron chi connectivity index (χ2n) is 9.09. The molecule has 3 amide bonds. The highest BCUT2D eigenvalue weighted by atomic mass is 16.5. The lowest BCUT2D eigenvalue weighted by atomic mass is 9.95. The summed E-state index contributed by atoms with van der Waals surface area (Å²) >= 11 is 0. The summed E-state index contributed by atoms with van der Waals surface area (Å²) in [5.41, 5.74) is 2.59. The standard InChI is InChI=1S/C23H32N8O3/c1-23(2)18-13-26-21(31(24)17-7-9-34-10-8-17)28-19(18)14-30(23)22(33)29-27-12-15-5-4-6-16(11-15)20(32)25-3/h4-6,11,13,17,21,28H,7-10,12,14,24H2,1-3H3,(H,25,32). The van der Waals surface area contributed by atoms with E-state index in [1.165, 1.54) is 0 Å². The Bertz CT molecular complexity index is 1030. The van der Waals surface area contributed by atoms with Crippen molar-refractivity contribution in [3.8, 4) is 0 Å². The Hall–Kier alpha value is -3.15. The monoisotopic (exact) mass is 468 g/mol. The van der Waals surface area contributed by atoms with Gasteiger partial charge in [0.2, 0.25) is 0 Å². The van der Waals surface area contributed by atoms with Gasteiger partial charge < -0.3 is 20.3 Å². The topological polar surface area (TPSA) is 137 Å². The maximum atomic E-state index is 12.9. The number of hydrazine groups is 1. The molecule has 4 N–H and O–H groups in total. The number of aliphatic imine (C=N–C) groups is 1. The van der Waals surface area contributed by atoms with Crippen LogP contribution in [0.3, 0.4) is 0 Å². The molecule has 1 unspecified atom stereocenters. The number of benzene rings is 1. The fraction of sp³-hybridized carbons (Fsp3) is 0.522. The van der Waals surface area contributed by atoms with Gasteiger partial charge in [0.05, 0.1) is 18.6 Å². The van der Waals surface area contributed by atoms with E-state index in [9.17, 15) is 9.59 Å². The van der Waals surface area contributed by atoms with Gasteiger partial charge in [0.1, 0.15) is 0 Å². The van der Waals surface area contributed by atoms with Crippen LogP contribution in [0.15, 0.2) is 50.8 Å². The van der Waals surface area contributed by atoms with Crippen molar-refractivity contribution >= 4 is 18.2 Å². The molecule has 1 fully saturated rings. The van der Waals surface area contributed by atoms with Gasteiger partial charge in [0.15, 0.2) is 6.29 Å². The third-order valence-electron chi connectivity index (χ3n) is 6.57. The number of rotatable bonds is 5. The molecule has 11 nitrogen and oxygen atoms in total. The summed E-state index contributed by atoms with van der Waals surface area (Å²) in [4.78, 5) is 31.0. The number of urea groups is 1. The lowest BCUT2D eigenvalue weighted by molar-refractivity contribution is 0.0126. The predicted molar refractivity (Wildman–Crippen MR) is 127 cm³/mol. The summed E-state index contributed by atoms with van der Waals surface area (Å²) < 4.78 is 5.42. The van der Waals surface area contributed by atoms with Gasteiger partial charge in [0.25, 0.3) is 5.91 Å². The zero-order valence-corrected chi connectivity index (χ0v) is 19.8. The van der Waals surface area contributed by atoms with Crippen molar-refractivity contribution in [3.05, 3.63) is 46.7 Å². The van der Waals surface area contributed by atoms with Crippen molar-refractivity contribution in [1.29, 1.82) is 0 Å². The van der Waals surface area contributed by atoms with Crippen LogP contribution in [0.5, 0.6) is 0 Å². The fourth-order valence-corrected chi connectivity index (χ4v) is 4.48. The van der Waals surface area contributed by atoms with Crippen LogP contribution >= 0.6 is 0 Å². The van der Waals surface area contributed by atoms with E-state index in [-0.39, 0.29) is 24.8 Å². The zero-order chi connectivity index (χ0) is 24.3. The highest BCUT2D eigenvalue weighted by Crippen LogP contribution is 2.35. The van der Waals surface area contributed by atoms with Gasteiger partial charge in [-0.2, -0.15) is 5.11 Å². The van der Waals surface area contributed by atoms with Crippen molar-refractivity contribution < 1.29 is 14.3 Å². The van der Waals surface area contributed by atoms with Gasteiger partial charge in [-0.05, 0) is 44.4 Å². The van der Waals surface area contributed by atoms with Crippen LogP contribution in [0.1, 0.15) is 42.6 Å². The summed E-state index contributed by atoms with van der Waals surface area (Å²) in [5.74, 6) is 6.19. The lowest BCUT2D eigenvalue weighted by Crippen LogP contribution is -2.56. The molecule has 1 aromatic carbocycles. The minimum atomic E-state index is -0.593. The Morgan fingerprint density at radius 1 is 1.35 bits per heavy atom. The van der Waals surface area contributed by atoms with Gasteiger partial charge in [-0.25, -0.2) is 9.80 Å². The molecular weight excluding hydrogens is 436 g/mol. The van der Waals surface area contributed by atoms with Crippen molar-refractivity contribution in [2.24, 2.45) is 21.1 Å². The van der Waals surface area contributed by atoms with Crippen LogP contribution in [0.25, 0.3) is 0 Å². The minimum absolute atomic E-state index is 0.175. The summed E-state index contributed by atoms with van der Waals surface area (Å²) in [6, 6.07) is 6.84. The molecular formula is C23H32N8O3. The van der Waals surface area contributed by atoms with E-state index in [0.29, 0.717) is 25.3 Å². The average Bonchev–Trinajstić information content (AvgIpc) is 3.13. The van der Waals surface area contributed by atoms with Gasteiger partial charge in [-0.3, -0.25) is 15.6 Å². The largest absolute Gasteiger partial charge is 0.381 e. The van der Waals surface area contributed by atoms with E-state index in [1.807, 2.05) is 26.1 Å². The molecule has 0 bridgehead atoms. The molecule has 3 aliphatic rings. The van der Waals surface area contributed by atoms with Crippen LogP contribution in [0, 0.1) is 0 Å². The highest BCUT2D eigenvalue weighted by Gasteiger charge is 2.44. The summed E-state index contributed by atoms with van der Waals surface area (Å²) in [6.45, 7) is 5.88. The molecule has 4 rings (SSSR count). The number of ether oxygens (including phenoxy) is 1. The van der Waals surface area contributed by atoms with Crippen molar-refractivity contribution in [2.45, 2.75) is 51.1 Å². The van der Waals surface area contributed by atoms with Crippen LogP contribution in [0.4, 0.5) is 4.79 Å². The van der Waals surface area contributed by atoms with Crippen LogP contribution in [-0.4, -0.2) is 72.7 Å². The van der Waals surface area contributed by atoms with E-state index in [4.69, 9.17) is 10.6 Å². The molecule has 34 heavy (non-hydrogen) atoms. The minimum Gasteiger partial charge on any atom is -0.381 e. The first-order valence-electron chi connectivity index (χ1n) is 11.5. The number of carbonyl (C=O) groups excluding carboxylic acids is 2. The first kappa shape index (κ1) is 24.0. The molecule has 1 atom stereocenters. The summed E-state index contributed by atoms with van der Waals surface area (Å²) in [6.07, 6.45) is 3.14. The second-order valence-corrected chi connectivity index (χ2v) is 9.09. The van der Waals surface area contributed by atoms with Crippen molar-refractivity contribution in [2.75, 3.05) is 26.8 Å². The average molecular weight is 469 g/mol. The van der Waals surface area contributed by atoms with Crippen molar-refractivity contribution in [1.82, 2.24) is 20.5 Å². The summed E-state index contributed by atoms with van der Waals surface area (Å²) in [7, 11) is 1.58. The van der Waals surface area contributed by atoms with E-state index in [1.54, 1.807) is 35.2 Å². The number of nitrogens with one attached hydrogen (secondary N) is 2. The Morgan fingerprint density at radius 3 is 2.85 bits per heavy atom. The predicted octanol–water partition coefficient (Wildman–Crippen LogP) is 1.78. The molecule has 0 radical (unpaired) electrons. The quantitative estimate of drug-likeness (QED) is 0.342. The third-order valence-corrected chi connectivity index (χ3v) is 6.57. The van der Waals surface area contributed by atoms with E-state index >= 15 is 0 Å². The Morgan fingerprint density at radius 2 is 2.12 bits per heavy atom. The molecule has 0 saturated carbocycles. The Balaban J connectivity index is 1.38. The molecule has 3 aliphatic heterocycles. The van der Waals surface area contributed by atoms with Gasteiger partial charge in [0, 0.05) is 49.4 Å². The van der Waals surface area contributed by atoms with Crippen LogP contribution in [-0.2, 0) is 11.3 Å². The smallest absolute Gasteiger partial charge is 0.362 e. The van der Waals surface area contributed by atoms with Crippen LogP contribution in [0.2, 0.25) is 0 Å². The van der Waals surface area contributed by atoms with E-state index < -0.39 is 11.6 Å². The van der Waals surface area contributed by atoms with E-state index in [0.717, 1.165) is 29.7 Å². The fourth-order valence-electron chi connectivity index (χ4n) is 4.48. The molecule has 1 aromatic rings. The third kappa shape index (κ3) is 4.86. The maximum absolute atomic E-state index is 12.9. The van der Waals surface area contributed by atoms with Gasteiger partial charge in [-0.1, -0.05) is 17.2 Å². The van der Waals surface area contributed by atoms with Gasteiger partial charge in [-0.15, -0.1) is 0 Å². The molecule has 0 aromatic heterocycles. The maximum Gasteiger partial charge on any atom is 0.362 e. The Kier molecular flexibility index (Phi) is 7.05. The number of azo groups is 1. The Labute approximate surface area is 199 Å². The number of nitrogens with two attached hydrogens (primary N) is 1. The molecule has 0 spiro atoms. The number of hydrogen-bond acceptors (Lipinski definition) is 8. The molecule has 1 saturated heterocycles. The first-order valence-corrected chi connectivity index (χ1v) is 11.5. The SMILES string of the molecule is CNC(=O)c1cccc(CN=NC(=O)N2CC3=C(C=NC(N(N)C4CCOCC4)N3)C2(C)C)c1. The second kappa shape index (κ2) is 10.00. The van der Waals surface area contributed by atoms with E-state index in [2.05, 4.69) is 25.9 Å². The number of amides is 3. The molecule has 3 heterocycles. The normalized spacial score (nSPS) is 22.3. The van der Waals surface area contributed by atoms with Gasteiger partial charge >= 0.3 is 6.03 Å². The number of carbonyl (C=O) groups is 2. The summed E-state index contributed by atoms with van der Waals surface area (Å²) in [5, 5.41) is 15.8. The molecule has 182 valence electrons. The zero-order valence-electron chi connectivity index (χ0n) is 19.8. The molecule has 11 heteroatoms. The highest BCUT2D eigenvalue weighted by molar-refractivity contribution is 5.94. The number of nitrogens with zero attached hydrogens (tertiary/aromatic N) is 5. The van der Waals surface area contributed by atoms with Crippen LogP contribution < -0.4 is 16.5 Å². The lowest BCUT2D eigenvalue weighted by Gasteiger charge is -2.36. The van der Waals surface area contributed by atoms with Crippen molar-refractivity contribution in [3.63, 3.8) is 0 Å². The first-order chi connectivity index (χ1) is 16.3. The number of hydrogen-bond donors (Lipinski definition) is 3. The molecule has 0 aliphatic carbocycles.